The van der Waals surface area contributed by atoms with E-state index in [0.717, 1.165) is 28.5 Å². The predicted molar refractivity (Wildman–Crippen MR) is 114 cm³/mol. The van der Waals surface area contributed by atoms with Crippen molar-refractivity contribution in [2.75, 3.05) is 5.32 Å². The van der Waals surface area contributed by atoms with Crippen LogP contribution in [-0.2, 0) is 6.54 Å². The molecule has 0 aliphatic rings. The fraction of sp³-hybridized carbons (Fsp3) is 0.0909. The Morgan fingerprint density at radius 2 is 1.81 bits per heavy atom. The minimum absolute atomic E-state index is 0.112. The van der Waals surface area contributed by atoms with E-state index in [-0.39, 0.29) is 17.7 Å². The Morgan fingerprint density at radius 3 is 2.52 bits per heavy atom. The zero-order valence-corrected chi connectivity index (χ0v) is 17.1. The number of thiazole rings is 1. The molecule has 0 spiro atoms. The highest BCUT2D eigenvalue weighted by atomic mass is 32.1. The Bertz CT molecular complexity index is 1310. The van der Waals surface area contributed by atoms with Gasteiger partial charge in [0.2, 0.25) is 0 Å². The largest absolute Gasteiger partial charge is 0.311 e. The average Bonchev–Trinajstić information content (AvgIpc) is 3.20. The fourth-order valence-electron chi connectivity index (χ4n) is 2.94. The second-order valence-corrected chi connectivity index (χ2v) is 7.60. The smallest absolute Gasteiger partial charge is 0.257 e. The van der Waals surface area contributed by atoms with Crippen molar-refractivity contribution < 1.29 is 13.6 Å². The molecule has 31 heavy (non-hydrogen) atoms. The molecule has 0 aliphatic heterocycles. The second kappa shape index (κ2) is 8.57. The van der Waals surface area contributed by atoms with Gasteiger partial charge in [0.15, 0.2) is 5.13 Å². The molecule has 0 unspecified atom stereocenters. The van der Waals surface area contributed by atoms with E-state index in [1.807, 2.05) is 25.1 Å². The van der Waals surface area contributed by atoms with Gasteiger partial charge in [-0.25, -0.2) is 13.8 Å². The Kier molecular flexibility index (Phi) is 5.68. The van der Waals surface area contributed by atoms with Gasteiger partial charge in [-0.05, 0) is 37.3 Å². The summed E-state index contributed by atoms with van der Waals surface area (Å²) in [5.41, 5.74) is 1.51. The summed E-state index contributed by atoms with van der Waals surface area (Å²) in [7, 11) is 0. The number of hydrogen-bond donors (Lipinski definition) is 1. The first kappa shape index (κ1) is 20.5. The minimum atomic E-state index is -0.739. The van der Waals surface area contributed by atoms with Crippen molar-refractivity contribution >= 4 is 22.4 Å². The van der Waals surface area contributed by atoms with Gasteiger partial charge in [0.05, 0.1) is 12.2 Å². The number of amides is 1. The molecule has 1 N–H and O–H groups in total. The van der Waals surface area contributed by atoms with Crippen LogP contribution >= 0.6 is 11.3 Å². The summed E-state index contributed by atoms with van der Waals surface area (Å²) in [5.74, 6) is -1.99. The highest BCUT2D eigenvalue weighted by Gasteiger charge is 2.14. The van der Waals surface area contributed by atoms with Gasteiger partial charge in [-0.3, -0.25) is 19.9 Å². The standard InChI is InChI=1S/C22H16F2N4O2S/c1-13-4-2-7-18(25-13)19-12-31-22(26-19)27-21(30)14-8-9-28(20(29)10-14)11-15-16(23)5-3-6-17(15)24/h2-10,12H,11H2,1H3,(H,26,27,30). The molecule has 3 aromatic heterocycles. The number of nitrogens with one attached hydrogen (secondary N) is 1. The van der Waals surface area contributed by atoms with Gasteiger partial charge in [-0.1, -0.05) is 12.1 Å². The number of carbonyl (C=O) groups is 1. The van der Waals surface area contributed by atoms with Crippen molar-refractivity contribution in [3.8, 4) is 11.4 Å². The van der Waals surface area contributed by atoms with Crippen LogP contribution in [0.15, 0.2) is 64.9 Å². The number of benzene rings is 1. The number of hydrogen-bond acceptors (Lipinski definition) is 5. The maximum Gasteiger partial charge on any atom is 0.257 e. The predicted octanol–water partition coefficient (Wildman–Crippen LogP) is 4.25. The van der Waals surface area contributed by atoms with Gasteiger partial charge in [-0.15, -0.1) is 11.3 Å². The summed E-state index contributed by atoms with van der Waals surface area (Å²) in [5, 5.41) is 4.79. The number of anilines is 1. The molecule has 0 aliphatic carbocycles. The summed E-state index contributed by atoms with van der Waals surface area (Å²) < 4.78 is 28.8. The first-order valence-electron chi connectivity index (χ1n) is 9.25. The van der Waals surface area contributed by atoms with Gasteiger partial charge < -0.3 is 4.57 Å². The molecule has 9 heteroatoms. The first-order chi connectivity index (χ1) is 14.9. The van der Waals surface area contributed by atoms with Gasteiger partial charge in [0.1, 0.15) is 17.3 Å². The van der Waals surface area contributed by atoms with Crippen LogP contribution < -0.4 is 10.9 Å². The van der Waals surface area contributed by atoms with Crippen LogP contribution in [0.2, 0.25) is 0 Å². The van der Waals surface area contributed by atoms with Crippen molar-refractivity contribution in [1.82, 2.24) is 14.5 Å². The molecule has 1 amide bonds. The Morgan fingerprint density at radius 1 is 1.06 bits per heavy atom. The third-order valence-corrected chi connectivity index (χ3v) is 5.28. The number of pyridine rings is 2. The molecule has 4 rings (SSSR count). The number of nitrogens with zero attached hydrogens (tertiary/aromatic N) is 3. The second-order valence-electron chi connectivity index (χ2n) is 6.74. The Balaban J connectivity index is 1.50. The normalized spacial score (nSPS) is 10.8. The fourth-order valence-corrected chi connectivity index (χ4v) is 3.64. The lowest BCUT2D eigenvalue weighted by atomic mass is 10.2. The van der Waals surface area contributed by atoms with E-state index in [4.69, 9.17) is 0 Å². The monoisotopic (exact) mass is 438 g/mol. The Labute approximate surface area is 179 Å². The summed E-state index contributed by atoms with van der Waals surface area (Å²) >= 11 is 1.24. The van der Waals surface area contributed by atoms with Crippen LogP contribution in [0.1, 0.15) is 21.6 Å². The molecule has 0 atom stereocenters. The molecule has 3 heterocycles. The molecular weight excluding hydrogens is 422 g/mol. The lowest BCUT2D eigenvalue weighted by molar-refractivity contribution is 0.102. The van der Waals surface area contributed by atoms with E-state index in [1.165, 1.54) is 29.7 Å². The van der Waals surface area contributed by atoms with Crippen molar-refractivity contribution in [3.63, 3.8) is 0 Å². The highest BCUT2D eigenvalue weighted by molar-refractivity contribution is 7.14. The molecule has 0 bridgehead atoms. The van der Waals surface area contributed by atoms with Crippen LogP contribution in [0, 0.1) is 18.6 Å². The van der Waals surface area contributed by atoms with Crippen LogP contribution in [0.5, 0.6) is 0 Å². The van der Waals surface area contributed by atoms with E-state index in [0.29, 0.717) is 16.5 Å². The minimum Gasteiger partial charge on any atom is -0.311 e. The zero-order valence-electron chi connectivity index (χ0n) is 16.3. The quantitative estimate of drug-likeness (QED) is 0.505. The van der Waals surface area contributed by atoms with Crippen molar-refractivity contribution in [2.24, 2.45) is 0 Å². The van der Waals surface area contributed by atoms with Crippen LogP contribution in [0.25, 0.3) is 11.4 Å². The van der Waals surface area contributed by atoms with Gasteiger partial charge in [0.25, 0.3) is 11.5 Å². The number of halogens is 2. The van der Waals surface area contributed by atoms with Gasteiger partial charge in [0, 0.05) is 34.5 Å². The van der Waals surface area contributed by atoms with Crippen LogP contribution in [-0.4, -0.2) is 20.4 Å². The van der Waals surface area contributed by atoms with E-state index < -0.39 is 23.1 Å². The number of aryl methyl sites for hydroxylation is 1. The highest BCUT2D eigenvalue weighted by Crippen LogP contribution is 2.24. The Hall–Kier alpha value is -3.72. The molecule has 0 saturated heterocycles. The average molecular weight is 438 g/mol. The van der Waals surface area contributed by atoms with E-state index in [1.54, 1.807) is 5.38 Å². The van der Waals surface area contributed by atoms with Gasteiger partial charge in [-0.2, -0.15) is 0 Å². The van der Waals surface area contributed by atoms with Crippen molar-refractivity contribution in [1.29, 1.82) is 0 Å². The third kappa shape index (κ3) is 4.56. The molecule has 0 saturated carbocycles. The zero-order chi connectivity index (χ0) is 22.0. The van der Waals surface area contributed by atoms with Gasteiger partial charge >= 0.3 is 0 Å². The van der Waals surface area contributed by atoms with Crippen LogP contribution in [0.3, 0.4) is 0 Å². The number of carbonyl (C=O) groups excluding carboxylic acids is 1. The lowest BCUT2D eigenvalue weighted by Crippen LogP contribution is -2.23. The third-order valence-electron chi connectivity index (χ3n) is 4.52. The lowest BCUT2D eigenvalue weighted by Gasteiger charge is -2.09. The molecule has 6 nitrogen and oxygen atoms in total. The van der Waals surface area contributed by atoms with E-state index in [9.17, 15) is 18.4 Å². The molecular formula is C22H16F2N4O2S. The van der Waals surface area contributed by atoms with E-state index >= 15 is 0 Å². The first-order valence-corrected chi connectivity index (χ1v) is 10.1. The molecule has 156 valence electrons. The van der Waals surface area contributed by atoms with Crippen molar-refractivity contribution in [3.05, 3.63) is 98.9 Å². The van der Waals surface area contributed by atoms with E-state index in [2.05, 4.69) is 15.3 Å². The number of aromatic nitrogens is 3. The maximum atomic E-state index is 13.8. The topological polar surface area (TPSA) is 76.9 Å². The molecule has 4 aromatic rings. The molecule has 0 fully saturated rings. The maximum absolute atomic E-state index is 13.8. The summed E-state index contributed by atoms with van der Waals surface area (Å²) in [6.07, 6.45) is 1.33. The summed E-state index contributed by atoms with van der Waals surface area (Å²) in [6.45, 7) is 1.60. The van der Waals surface area contributed by atoms with Crippen LogP contribution in [0.4, 0.5) is 13.9 Å². The summed E-state index contributed by atoms with van der Waals surface area (Å²) in [4.78, 5) is 33.6. The molecule has 0 radical (unpaired) electrons. The summed E-state index contributed by atoms with van der Waals surface area (Å²) in [6, 6.07) is 11.6. The van der Waals surface area contributed by atoms with Crippen molar-refractivity contribution in [2.45, 2.75) is 13.5 Å². The SMILES string of the molecule is Cc1cccc(-c2csc(NC(=O)c3ccn(Cc4c(F)cccc4F)c(=O)c3)n2)n1. The molecule has 1 aromatic carbocycles. The number of rotatable bonds is 5.